The molecule has 4 N–H and O–H groups in total. The second-order valence-electron chi connectivity index (χ2n) is 23.4. The van der Waals surface area contributed by atoms with Crippen molar-refractivity contribution in [3.8, 4) is 21.6 Å². The van der Waals surface area contributed by atoms with Crippen LogP contribution in [-0.2, 0) is 26.2 Å². The number of ketones is 1. The minimum absolute atomic E-state index is 0.00145. The first-order valence-corrected chi connectivity index (χ1v) is 31.3. The third kappa shape index (κ3) is 12.9. The molecule has 23 heteroatoms. The van der Waals surface area contributed by atoms with E-state index in [2.05, 4.69) is 59.2 Å². The number of nitrogens with one attached hydrogen (secondary N) is 3. The zero-order valence-electron chi connectivity index (χ0n) is 46.8. The van der Waals surface area contributed by atoms with E-state index >= 15 is 8.78 Å². The number of aromatic amines is 1. The van der Waals surface area contributed by atoms with E-state index in [1.54, 1.807) is 39.8 Å². The molecule has 7 aromatic rings. The second kappa shape index (κ2) is 24.2. The largest absolute Gasteiger partial charge is 0.391 e. The Labute approximate surface area is 489 Å². The van der Waals surface area contributed by atoms with Crippen molar-refractivity contribution in [2.45, 2.75) is 84.2 Å². The molecule has 4 aliphatic rings. The normalized spacial score (nSPS) is 20.1. The number of benzene rings is 3. The molecule has 0 spiro atoms. The number of rotatable bonds is 17. The van der Waals surface area contributed by atoms with Gasteiger partial charge in [-0.3, -0.25) is 24.0 Å². The molecule has 0 saturated carbocycles. The van der Waals surface area contributed by atoms with Gasteiger partial charge in [-0.05, 0) is 84.5 Å². The molecule has 4 saturated heterocycles. The molecule has 3 aromatic carbocycles. The van der Waals surface area contributed by atoms with Crippen molar-refractivity contribution in [3.63, 3.8) is 0 Å². The summed E-state index contributed by atoms with van der Waals surface area (Å²) in [5, 5.41) is 15.1. The van der Waals surface area contributed by atoms with Gasteiger partial charge in [0, 0.05) is 124 Å². The average Bonchev–Trinajstić information content (AvgIpc) is 4.55. The monoisotopic (exact) mass is 1190 g/mol. The number of piperazine rings is 1. The number of thiazole rings is 2. The number of likely N-dealkylation sites (tertiary alicyclic amines) is 1. The average molecular weight is 1190 g/mol. The first-order valence-electron chi connectivity index (χ1n) is 28.2. The van der Waals surface area contributed by atoms with Crippen molar-refractivity contribution in [2.24, 2.45) is 11.3 Å². The number of pyridine rings is 1. The molecular formula is C60H68F3N11O6S3. The third-order valence-corrected chi connectivity index (χ3v) is 20.0. The number of nitrogens with zero attached hydrogens (tertiary/aromatic N) is 8. The quantitative estimate of drug-likeness (QED) is 0.0634. The Morgan fingerprint density at radius 3 is 2.27 bits per heavy atom. The van der Waals surface area contributed by atoms with Gasteiger partial charge < -0.3 is 30.1 Å². The summed E-state index contributed by atoms with van der Waals surface area (Å²) >= 11 is 3.19. The zero-order valence-corrected chi connectivity index (χ0v) is 49.2. The maximum Gasteiger partial charge on any atom is 0.301 e. The number of hydrogen-bond acceptors (Lipinski definition) is 14. The Morgan fingerprint density at radius 2 is 1.58 bits per heavy atom. The van der Waals surface area contributed by atoms with Crippen molar-refractivity contribution in [3.05, 3.63) is 135 Å². The smallest absolute Gasteiger partial charge is 0.301 e. The number of hydrogen-bond donors (Lipinski definition) is 4. The molecular weight excluding hydrogens is 1120 g/mol. The molecule has 0 aliphatic carbocycles. The molecule has 0 unspecified atom stereocenters. The maximum atomic E-state index is 15.8. The topological polar surface area (TPSA) is 200 Å². The van der Waals surface area contributed by atoms with Crippen LogP contribution in [0, 0.1) is 29.9 Å². The number of fused-ring (bicyclic) bond motifs is 1. The molecule has 0 bridgehead atoms. The fourth-order valence-corrected chi connectivity index (χ4v) is 15.0. The predicted octanol–water partition coefficient (Wildman–Crippen LogP) is 8.62. The summed E-state index contributed by atoms with van der Waals surface area (Å²) in [5.41, 5.74) is 5.84. The van der Waals surface area contributed by atoms with E-state index < -0.39 is 69.2 Å². The van der Waals surface area contributed by atoms with E-state index in [9.17, 15) is 32.3 Å². The Kier molecular flexibility index (Phi) is 16.9. The summed E-state index contributed by atoms with van der Waals surface area (Å²) in [7, 11) is -4.37. The van der Waals surface area contributed by atoms with Crippen LogP contribution in [0.1, 0.15) is 89.6 Å². The number of alkyl halides is 1. The minimum atomic E-state index is -4.37. The Hall–Kier alpha value is -6.60. The highest BCUT2D eigenvalue weighted by atomic mass is 32.2. The molecule has 4 aliphatic heterocycles. The van der Waals surface area contributed by atoms with Gasteiger partial charge in [0.2, 0.25) is 17.6 Å². The third-order valence-electron chi connectivity index (χ3n) is 16.5. The van der Waals surface area contributed by atoms with E-state index in [-0.39, 0.29) is 49.5 Å². The van der Waals surface area contributed by atoms with Gasteiger partial charge in [0.25, 0.3) is 0 Å². The molecule has 4 fully saturated rings. The highest BCUT2D eigenvalue weighted by Gasteiger charge is 2.44. The summed E-state index contributed by atoms with van der Waals surface area (Å²) in [5.74, 6) is -3.46. The summed E-state index contributed by atoms with van der Waals surface area (Å²) in [4.78, 5) is 69.5. The van der Waals surface area contributed by atoms with Crippen LogP contribution in [0.4, 0.5) is 24.5 Å². The maximum absolute atomic E-state index is 15.8. The number of H-pyrrole nitrogens is 1. The van der Waals surface area contributed by atoms with Crippen molar-refractivity contribution in [1.82, 2.24) is 44.3 Å². The van der Waals surface area contributed by atoms with Crippen LogP contribution in [0.3, 0.4) is 0 Å². The number of aliphatic hydroxyl groups is 1. The number of carbonyl (C=O) groups excluding carboxylic acids is 3. The Morgan fingerprint density at radius 1 is 0.855 bits per heavy atom. The van der Waals surface area contributed by atoms with Gasteiger partial charge in [-0.2, -0.15) is 12.7 Å². The molecule has 4 atom stereocenters. The van der Waals surface area contributed by atoms with Crippen LogP contribution in [0.5, 0.6) is 0 Å². The number of carbonyl (C=O) groups is 3. The minimum Gasteiger partial charge on any atom is -0.391 e. The van der Waals surface area contributed by atoms with Crippen LogP contribution in [0.25, 0.3) is 32.6 Å². The van der Waals surface area contributed by atoms with E-state index in [1.807, 2.05) is 68.4 Å². The number of piperidine rings is 1. The van der Waals surface area contributed by atoms with Crippen LogP contribution >= 0.6 is 22.7 Å². The van der Waals surface area contributed by atoms with Crippen molar-refractivity contribution in [1.29, 1.82) is 0 Å². The molecule has 8 heterocycles. The van der Waals surface area contributed by atoms with Gasteiger partial charge >= 0.3 is 10.2 Å². The number of aromatic nitrogens is 4. The van der Waals surface area contributed by atoms with Crippen LogP contribution < -0.4 is 14.9 Å². The summed E-state index contributed by atoms with van der Waals surface area (Å²) in [6.07, 6.45) is 5.91. The number of β-amino-alcohol motifs (C(OH)–C–C–N with tert-alkyl or cyclic N) is 1. The first kappa shape index (κ1) is 58.2. The van der Waals surface area contributed by atoms with E-state index in [4.69, 9.17) is 4.98 Å². The Balaban J connectivity index is 0.641. The number of amides is 2. The molecule has 438 valence electrons. The molecule has 17 nitrogen and oxygen atoms in total. The summed E-state index contributed by atoms with van der Waals surface area (Å²) in [6.45, 7) is 13.6. The number of anilines is 2. The molecule has 4 aromatic heterocycles. The molecule has 0 radical (unpaired) electrons. The fourth-order valence-electron chi connectivity index (χ4n) is 11.8. The molecule has 83 heavy (non-hydrogen) atoms. The highest BCUT2D eigenvalue weighted by molar-refractivity contribution is 7.90. The lowest BCUT2D eigenvalue weighted by molar-refractivity contribution is -0.141. The highest BCUT2D eigenvalue weighted by Crippen LogP contribution is 2.38. The van der Waals surface area contributed by atoms with Gasteiger partial charge in [-0.25, -0.2) is 28.1 Å². The van der Waals surface area contributed by atoms with Crippen molar-refractivity contribution >= 4 is 72.9 Å². The van der Waals surface area contributed by atoms with Gasteiger partial charge in [0.15, 0.2) is 5.82 Å². The lowest BCUT2D eigenvalue weighted by atomic mass is 9.85. The lowest BCUT2D eigenvalue weighted by Gasteiger charge is -2.39. The van der Waals surface area contributed by atoms with Gasteiger partial charge in [0.1, 0.15) is 28.7 Å². The van der Waals surface area contributed by atoms with Gasteiger partial charge in [0.05, 0.1) is 46.0 Å². The molecule has 11 rings (SSSR count). The number of halogens is 3. The Bertz CT molecular complexity index is 3610. The number of aryl methyl sites for hydroxylation is 1. The zero-order chi connectivity index (χ0) is 58.3. The van der Waals surface area contributed by atoms with Crippen LogP contribution in [0.2, 0.25) is 0 Å². The van der Waals surface area contributed by atoms with Crippen LogP contribution in [-0.4, -0.2) is 160 Å². The first-order chi connectivity index (χ1) is 39.7. The van der Waals surface area contributed by atoms with Gasteiger partial charge in [-0.1, -0.05) is 57.2 Å². The van der Waals surface area contributed by atoms with E-state index in [1.165, 1.54) is 6.20 Å². The summed E-state index contributed by atoms with van der Waals surface area (Å²) < 4.78 is 73.5. The fraction of sp³-hybridized carbons (Fsp3) is 0.433. The van der Waals surface area contributed by atoms with Crippen molar-refractivity contribution in [2.75, 3.05) is 81.6 Å². The lowest BCUT2D eigenvalue weighted by Crippen LogP contribution is -2.57. The summed E-state index contributed by atoms with van der Waals surface area (Å²) in [6, 6.07) is 18.8. The predicted molar refractivity (Wildman–Crippen MR) is 316 cm³/mol. The second-order valence-corrected chi connectivity index (χ2v) is 27.1. The van der Waals surface area contributed by atoms with Crippen molar-refractivity contribution < 1.29 is 41.1 Å². The van der Waals surface area contributed by atoms with Gasteiger partial charge in [-0.15, -0.1) is 22.7 Å². The SMILES string of the molecule is Cc1ncsc1-c1ccc(Cc2cnc([C@@H]3C[C@@H](O)CN3C(=O)[C@@H](NC(=O)CN3CCN(CC4CCN(c5ccc(-c6cnc7[nH]cc(C(=O)c8c(F)ccc(NS(=O)(=O)N9CC[C@@H](F)C9)c8F)c7c6)cc5)CC4)CC3)C(C)(C)C)s2)cc1. The standard InChI is InChI=1S/C60H68F3N11O6S3/c1-36-55(81-35-67-36)40-7-5-37(6-8-40)25-45-29-66-58(82-45)50-27-44(75)33-74(50)59(78)56(60(2,3)4)68-51(76)34-71-23-21-70(22-24-71)31-38-15-18-72(19-16-38)43-11-9-39(10-12-43)41-26-46-47(30-65-57(46)64-28-41)54(77)52-48(62)13-14-49(53(52)63)69-83(79,80)73-20-17-42(61)32-73/h5-14,26,28-30,35,38,42,44,50,56,69,75H,15-25,27,31-34H2,1-4H3,(H,64,65)(H,68,76)/t42-,44-,50+,56-/m1/s1. The molecule has 2 amide bonds. The van der Waals surface area contributed by atoms with Crippen LogP contribution in [0.15, 0.2) is 90.8 Å². The number of aliphatic hydroxyl groups excluding tert-OH is 1. The van der Waals surface area contributed by atoms with E-state index in [0.717, 1.165) is 118 Å². The van der Waals surface area contributed by atoms with E-state index in [0.29, 0.717) is 35.4 Å².